The van der Waals surface area contributed by atoms with Crippen molar-refractivity contribution in [2.75, 3.05) is 0 Å². The molecule has 1 N–H and O–H groups in total. The Bertz CT molecular complexity index is 477. The molecule has 4 nitrogen and oxygen atoms in total. The van der Waals surface area contributed by atoms with E-state index in [1.807, 2.05) is 0 Å². The highest BCUT2D eigenvalue weighted by molar-refractivity contribution is 6.01. The van der Waals surface area contributed by atoms with Crippen molar-refractivity contribution in [1.29, 1.82) is 0 Å². The first kappa shape index (κ1) is 11.7. The lowest BCUT2D eigenvalue weighted by Gasteiger charge is -2.00. The maximum atomic E-state index is 11.4. The predicted octanol–water partition coefficient (Wildman–Crippen LogP) is 0.479. The van der Waals surface area contributed by atoms with Gasteiger partial charge in [0.2, 0.25) is 0 Å². The van der Waals surface area contributed by atoms with Gasteiger partial charge in [0.15, 0.2) is 0 Å². The van der Waals surface area contributed by atoms with Crippen molar-refractivity contribution in [2.45, 2.75) is 13.3 Å². The first-order chi connectivity index (χ1) is 7.77. The summed E-state index contributed by atoms with van der Waals surface area (Å²) < 4.78 is 0. The van der Waals surface area contributed by atoms with Crippen molar-refractivity contribution < 1.29 is 9.59 Å². The standard InChI is InChI=1S/C12H10N2O2/c1-2-6-14-12(16)10(9-15)8-11-5-3-4-7-13-11/h3-5,7H,8H2,1H3,(H,14,16). The fourth-order valence-electron chi connectivity index (χ4n) is 1.04. The van der Waals surface area contributed by atoms with Crippen LogP contribution in [-0.2, 0) is 16.0 Å². The monoisotopic (exact) mass is 214 g/mol. The molecule has 0 saturated heterocycles. The van der Waals surface area contributed by atoms with Crippen molar-refractivity contribution >= 4 is 11.8 Å². The first-order valence-corrected chi connectivity index (χ1v) is 4.64. The Kier molecular flexibility index (Phi) is 4.52. The van der Waals surface area contributed by atoms with Gasteiger partial charge in [-0.15, -0.1) is 0 Å². The van der Waals surface area contributed by atoms with Crippen LogP contribution in [0.15, 0.2) is 30.0 Å². The van der Waals surface area contributed by atoms with Crippen LogP contribution in [0.3, 0.4) is 0 Å². The number of aromatic nitrogens is 1. The lowest BCUT2D eigenvalue weighted by molar-refractivity contribution is -0.116. The Labute approximate surface area is 93.4 Å². The molecule has 0 aliphatic heterocycles. The van der Waals surface area contributed by atoms with Gasteiger partial charge in [-0.05, 0) is 19.1 Å². The number of pyridine rings is 1. The summed E-state index contributed by atoms with van der Waals surface area (Å²) in [5.41, 5.74) is 0.627. The normalized spacial score (nSPS) is 8.31. The molecular weight excluding hydrogens is 204 g/mol. The third-order valence-corrected chi connectivity index (χ3v) is 1.78. The van der Waals surface area contributed by atoms with E-state index in [0.717, 1.165) is 0 Å². The van der Waals surface area contributed by atoms with Gasteiger partial charge in [0, 0.05) is 24.4 Å². The molecule has 1 rings (SSSR count). The van der Waals surface area contributed by atoms with Crippen LogP contribution >= 0.6 is 0 Å². The second-order valence-corrected chi connectivity index (χ2v) is 2.91. The fourth-order valence-corrected chi connectivity index (χ4v) is 1.04. The van der Waals surface area contributed by atoms with Crippen LogP contribution in [-0.4, -0.2) is 16.8 Å². The molecule has 0 fully saturated rings. The molecule has 0 saturated carbocycles. The van der Waals surface area contributed by atoms with Gasteiger partial charge in [0.1, 0.15) is 11.5 Å². The molecule has 0 aliphatic rings. The average molecular weight is 214 g/mol. The molecule has 0 aromatic carbocycles. The van der Waals surface area contributed by atoms with E-state index in [9.17, 15) is 9.59 Å². The van der Waals surface area contributed by atoms with Crippen LogP contribution in [0, 0.1) is 12.0 Å². The van der Waals surface area contributed by atoms with E-state index < -0.39 is 5.91 Å². The number of carbonyl (C=O) groups is 1. The Morgan fingerprint density at radius 1 is 1.50 bits per heavy atom. The van der Waals surface area contributed by atoms with Crippen molar-refractivity contribution in [3.63, 3.8) is 0 Å². The molecule has 80 valence electrons. The van der Waals surface area contributed by atoms with Crippen LogP contribution in [0.25, 0.3) is 0 Å². The SMILES string of the molecule is CC#CNC(=O)C(=C=O)Cc1ccccn1. The third-order valence-electron chi connectivity index (χ3n) is 1.78. The van der Waals surface area contributed by atoms with E-state index in [-0.39, 0.29) is 12.0 Å². The molecular formula is C12H10N2O2. The van der Waals surface area contributed by atoms with E-state index in [1.54, 1.807) is 37.3 Å². The van der Waals surface area contributed by atoms with Crippen LogP contribution in [0.1, 0.15) is 12.6 Å². The number of amides is 1. The second kappa shape index (κ2) is 6.18. The third kappa shape index (κ3) is 3.41. The zero-order chi connectivity index (χ0) is 11.8. The van der Waals surface area contributed by atoms with Crippen LogP contribution in [0.2, 0.25) is 0 Å². The summed E-state index contributed by atoms with van der Waals surface area (Å²) in [7, 11) is 0. The largest absolute Gasteiger partial charge is 0.281 e. The minimum absolute atomic E-state index is 0.0125. The Hall–Kier alpha value is -2.37. The second-order valence-electron chi connectivity index (χ2n) is 2.91. The van der Waals surface area contributed by atoms with E-state index >= 15 is 0 Å². The molecule has 0 atom stereocenters. The molecule has 0 spiro atoms. The predicted molar refractivity (Wildman–Crippen MR) is 58.7 cm³/mol. The Morgan fingerprint density at radius 2 is 2.31 bits per heavy atom. The molecule has 16 heavy (non-hydrogen) atoms. The number of rotatable bonds is 3. The molecule has 1 amide bonds. The number of hydrogen-bond acceptors (Lipinski definition) is 3. The lowest BCUT2D eigenvalue weighted by atomic mass is 10.1. The number of nitrogens with zero attached hydrogens (tertiary/aromatic N) is 1. The minimum atomic E-state index is -0.532. The van der Waals surface area contributed by atoms with E-state index in [0.29, 0.717) is 5.69 Å². The molecule has 0 unspecified atom stereocenters. The molecule has 1 aromatic rings. The van der Waals surface area contributed by atoms with Gasteiger partial charge in [0.25, 0.3) is 5.91 Å². The number of hydrogen-bond donors (Lipinski definition) is 1. The smallest absolute Gasteiger partial charge is 0.270 e. The van der Waals surface area contributed by atoms with E-state index in [2.05, 4.69) is 22.3 Å². The summed E-state index contributed by atoms with van der Waals surface area (Å²) >= 11 is 0. The zero-order valence-electron chi connectivity index (χ0n) is 8.78. The highest BCUT2D eigenvalue weighted by Gasteiger charge is 2.10. The van der Waals surface area contributed by atoms with Crippen LogP contribution in [0.5, 0.6) is 0 Å². The van der Waals surface area contributed by atoms with Gasteiger partial charge in [-0.3, -0.25) is 15.1 Å². The molecule has 0 aliphatic carbocycles. The summed E-state index contributed by atoms with van der Waals surface area (Å²) in [6, 6.07) is 7.66. The minimum Gasteiger partial charge on any atom is -0.281 e. The van der Waals surface area contributed by atoms with Gasteiger partial charge in [0.05, 0.1) is 0 Å². The van der Waals surface area contributed by atoms with E-state index in [1.165, 1.54) is 0 Å². The van der Waals surface area contributed by atoms with Gasteiger partial charge >= 0.3 is 0 Å². The van der Waals surface area contributed by atoms with Gasteiger partial charge in [-0.25, -0.2) is 4.79 Å². The van der Waals surface area contributed by atoms with Crippen molar-refractivity contribution in [2.24, 2.45) is 0 Å². The summed E-state index contributed by atoms with van der Waals surface area (Å²) in [6.45, 7) is 1.59. The summed E-state index contributed by atoms with van der Waals surface area (Å²) in [4.78, 5) is 26.0. The highest BCUT2D eigenvalue weighted by Crippen LogP contribution is 2.02. The quantitative estimate of drug-likeness (QED) is 0.344. The van der Waals surface area contributed by atoms with E-state index in [4.69, 9.17) is 0 Å². The maximum Gasteiger partial charge on any atom is 0.270 e. The lowest BCUT2D eigenvalue weighted by Crippen LogP contribution is -2.21. The zero-order valence-corrected chi connectivity index (χ0v) is 8.78. The maximum absolute atomic E-state index is 11.4. The topological polar surface area (TPSA) is 59.1 Å². The van der Waals surface area contributed by atoms with Crippen molar-refractivity contribution in [3.05, 3.63) is 35.7 Å². The summed E-state index contributed by atoms with van der Waals surface area (Å²) in [5.74, 6) is 3.57. The molecule has 1 heterocycles. The molecule has 0 bridgehead atoms. The Morgan fingerprint density at radius 3 is 2.88 bits per heavy atom. The molecule has 4 heteroatoms. The molecule has 1 aromatic heterocycles. The van der Waals surface area contributed by atoms with Gasteiger partial charge < -0.3 is 0 Å². The van der Waals surface area contributed by atoms with Crippen LogP contribution in [0.4, 0.5) is 0 Å². The summed E-state index contributed by atoms with van der Waals surface area (Å²) in [6.07, 6.45) is 1.75. The average Bonchev–Trinajstić information content (AvgIpc) is 2.34. The fraction of sp³-hybridized carbons (Fsp3) is 0.167. The van der Waals surface area contributed by atoms with Crippen LogP contribution < -0.4 is 5.32 Å². The van der Waals surface area contributed by atoms with Gasteiger partial charge in [-0.2, -0.15) is 0 Å². The molecule has 0 radical (unpaired) electrons. The van der Waals surface area contributed by atoms with Crippen molar-refractivity contribution in [3.8, 4) is 12.0 Å². The number of nitrogens with one attached hydrogen (secondary N) is 1. The Balaban J connectivity index is 2.73. The van der Waals surface area contributed by atoms with Gasteiger partial charge in [-0.1, -0.05) is 12.0 Å². The first-order valence-electron chi connectivity index (χ1n) is 4.64. The number of carbonyl (C=O) groups excluding carboxylic acids is 2. The summed E-state index contributed by atoms with van der Waals surface area (Å²) in [5, 5.41) is 2.28. The highest BCUT2D eigenvalue weighted by atomic mass is 16.2. The van der Waals surface area contributed by atoms with Crippen molar-refractivity contribution in [1.82, 2.24) is 10.3 Å².